The minimum absolute atomic E-state index is 0.128. The van der Waals surface area contributed by atoms with Crippen LogP contribution in [-0.2, 0) is 15.1 Å². The van der Waals surface area contributed by atoms with Gasteiger partial charge in [-0.3, -0.25) is 4.79 Å². The van der Waals surface area contributed by atoms with Gasteiger partial charge >= 0.3 is 12.0 Å². The van der Waals surface area contributed by atoms with Crippen molar-refractivity contribution in [3.05, 3.63) is 77.9 Å². The van der Waals surface area contributed by atoms with E-state index in [9.17, 15) is 14.7 Å². The van der Waals surface area contributed by atoms with E-state index in [4.69, 9.17) is 14.2 Å². The molecular weight excluding hydrogens is 462 g/mol. The van der Waals surface area contributed by atoms with Gasteiger partial charge in [0.25, 0.3) is 0 Å². The molecule has 0 bridgehead atoms. The van der Waals surface area contributed by atoms with Crippen LogP contribution in [0.2, 0.25) is 0 Å². The molecule has 0 spiro atoms. The first-order chi connectivity index (χ1) is 17.1. The number of benzene rings is 2. The summed E-state index contributed by atoms with van der Waals surface area (Å²) in [4.78, 5) is 34.5. The normalized spacial score (nSPS) is 12.4. The van der Waals surface area contributed by atoms with E-state index in [-0.39, 0.29) is 35.5 Å². The topological polar surface area (TPSA) is 120 Å². The van der Waals surface area contributed by atoms with Crippen LogP contribution in [0, 0.1) is 5.41 Å². The van der Waals surface area contributed by atoms with E-state index in [2.05, 4.69) is 15.3 Å². The van der Waals surface area contributed by atoms with Crippen LogP contribution in [0.5, 0.6) is 17.8 Å². The maximum atomic E-state index is 13.4. The standard InChI is InChI=1S/C27H31N3O6/c1-26(2,3)17-20(31)30-27(18-12-8-6-9-13-18,19-14-10-7-11-15-19)23(24(32)33)36-25-28-21(34-4)16-22(29-25)35-5/h6-16,23H,17H2,1-5H3,(H,30,31)(H,32,33). The largest absolute Gasteiger partial charge is 0.481 e. The Morgan fingerprint density at radius 2 is 1.36 bits per heavy atom. The van der Waals surface area contributed by atoms with E-state index < -0.39 is 17.6 Å². The summed E-state index contributed by atoms with van der Waals surface area (Å²) in [6, 6.07) is 18.8. The Hall–Kier alpha value is -4.14. The van der Waals surface area contributed by atoms with Crippen molar-refractivity contribution in [2.45, 2.75) is 38.8 Å². The fraction of sp³-hybridized carbons (Fsp3) is 0.333. The highest BCUT2D eigenvalue weighted by Crippen LogP contribution is 2.37. The summed E-state index contributed by atoms with van der Waals surface area (Å²) in [5.74, 6) is -1.41. The molecule has 3 aromatic rings. The van der Waals surface area contributed by atoms with Gasteiger partial charge in [-0.05, 0) is 16.5 Å². The molecule has 9 nitrogen and oxygen atoms in total. The number of nitrogens with one attached hydrogen (secondary N) is 1. The van der Waals surface area contributed by atoms with E-state index in [1.165, 1.54) is 20.3 Å². The molecule has 2 N–H and O–H groups in total. The molecule has 1 amide bonds. The Balaban J connectivity index is 2.25. The second kappa shape index (κ2) is 11.1. The Morgan fingerprint density at radius 3 is 1.75 bits per heavy atom. The quantitative estimate of drug-likeness (QED) is 0.437. The number of rotatable bonds is 10. The summed E-state index contributed by atoms with van der Waals surface area (Å²) < 4.78 is 16.3. The zero-order chi connectivity index (χ0) is 26.3. The Labute approximate surface area is 210 Å². The summed E-state index contributed by atoms with van der Waals surface area (Å²) in [7, 11) is 2.82. The number of nitrogens with zero attached hydrogens (tertiary/aromatic N) is 2. The number of amides is 1. The summed E-state index contributed by atoms with van der Waals surface area (Å²) in [5.41, 5.74) is -0.941. The second-order valence-corrected chi connectivity index (χ2v) is 9.40. The van der Waals surface area contributed by atoms with Crippen molar-refractivity contribution in [1.82, 2.24) is 15.3 Å². The zero-order valence-electron chi connectivity index (χ0n) is 21.0. The predicted octanol–water partition coefficient (Wildman–Crippen LogP) is 3.82. The number of hydrogen-bond donors (Lipinski definition) is 2. The third-order valence-electron chi connectivity index (χ3n) is 5.40. The fourth-order valence-corrected chi connectivity index (χ4v) is 3.90. The molecule has 1 atom stereocenters. The number of hydrogen-bond acceptors (Lipinski definition) is 7. The fourth-order valence-electron chi connectivity index (χ4n) is 3.90. The van der Waals surface area contributed by atoms with Crippen molar-refractivity contribution >= 4 is 11.9 Å². The van der Waals surface area contributed by atoms with Gasteiger partial charge in [-0.2, -0.15) is 9.97 Å². The van der Waals surface area contributed by atoms with Crippen LogP contribution in [0.1, 0.15) is 38.3 Å². The number of carboxylic acid groups (broad SMARTS) is 1. The van der Waals surface area contributed by atoms with Crippen molar-refractivity contribution in [3.8, 4) is 17.8 Å². The molecule has 3 rings (SSSR count). The number of methoxy groups -OCH3 is 2. The van der Waals surface area contributed by atoms with E-state index >= 15 is 0 Å². The van der Waals surface area contributed by atoms with Crippen LogP contribution in [0.15, 0.2) is 66.7 Å². The lowest BCUT2D eigenvalue weighted by Crippen LogP contribution is -2.60. The molecule has 1 unspecified atom stereocenters. The predicted molar refractivity (Wildman–Crippen MR) is 133 cm³/mol. The summed E-state index contributed by atoms with van der Waals surface area (Å²) in [6.45, 7) is 5.79. The Kier molecular flexibility index (Phi) is 8.14. The minimum Gasteiger partial charge on any atom is -0.481 e. The number of aromatic nitrogens is 2. The molecule has 0 aliphatic rings. The molecule has 36 heavy (non-hydrogen) atoms. The van der Waals surface area contributed by atoms with Crippen molar-refractivity contribution in [2.75, 3.05) is 14.2 Å². The Morgan fingerprint density at radius 1 is 0.889 bits per heavy atom. The molecule has 0 fully saturated rings. The molecular formula is C27H31N3O6. The van der Waals surface area contributed by atoms with Gasteiger partial charge in [-0.25, -0.2) is 4.79 Å². The first-order valence-corrected chi connectivity index (χ1v) is 11.4. The van der Waals surface area contributed by atoms with E-state index in [1.807, 2.05) is 32.9 Å². The summed E-state index contributed by atoms with van der Waals surface area (Å²) in [6.07, 6.45) is -1.51. The number of ether oxygens (including phenoxy) is 3. The number of carbonyl (C=O) groups is 2. The van der Waals surface area contributed by atoms with Gasteiger partial charge in [-0.15, -0.1) is 0 Å². The second-order valence-electron chi connectivity index (χ2n) is 9.40. The first-order valence-electron chi connectivity index (χ1n) is 11.4. The monoisotopic (exact) mass is 493 g/mol. The molecule has 1 heterocycles. The summed E-state index contributed by atoms with van der Waals surface area (Å²) in [5, 5.41) is 13.5. The smallest absolute Gasteiger partial charge is 0.348 e. The minimum atomic E-state index is -1.66. The maximum Gasteiger partial charge on any atom is 0.348 e. The van der Waals surface area contributed by atoms with Crippen LogP contribution in [0.4, 0.5) is 0 Å². The third kappa shape index (κ3) is 6.10. The van der Waals surface area contributed by atoms with Gasteiger partial charge in [-0.1, -0.05) is 81.4 Å². The first kappa shape index (κ1) is 26.5. The molecule has 1 aromatic heterocycles. The molecule has 190 valence electrons. The van der Waals surface area contributed by atoms with Gasteiger partial charge in [0.2, 0.25) is 23.8 Å². The highest BCUT2D eigenvalue weighted by molar-refractivity contribution is 5.83. The lowest BCUT2D eigenvalue weighted by atomic mass is 9.77. The zero-order valence-corrected chi connectivity index (χ0v) is 21.0. The van der Waals surface area contributed by atoms with Gasteiger partial charge in [0, 0.05) is 6.42 Å². The lowest BCUT2D eigenvalue weighted by Gasteiger charge is -2.40. The van der Waals surface area contributed by atoms with Crippen LogP contribution in [0.3, 0.4) is 0 Å². The van der Waals surface area contributed by atoms with E-state index in [1.54, 1.807) is 48.5 Å². The summed E-state index contributed by atoms with van der Waals surface area (Å²) >= 11 is 0. The molecule has 0 aliphatic heterocycles. The van der Waals surface area contributed by atoms with Crippen LogP contribution in [0.25, 0.3) is 0 Å². The number of carbonyl (C=O) groups excluding carboxylic acids is 1. The van der Waals surface area contributed by atoms with Crippen LogP contribution < -0.4 is 19.5 Å². The lowest BCUT2D eigenvalue weighted by molar-refractivity contribution is -0.150. The molecule has 0 saturated heterocycles. The molecule has 0 radical (unpaired) electrons. The van der Waals surface area contributed by atoms with Gasteiger partial charge < -0.3 is 24.6 Å². The van der Waals surface area contributed by atoms with Crippen molar-refractivity contribution in [3.63, 3.8) is 0 Å². The maximum absolute atomic E-state index is 13.4. The number of aliphatic carboxylic acids is 1. The SMILES string of the molecule is COc1cc(OC)nc(OC(C(=O)O)C(NC(=O)CC(C)(C)C)(c2ccccc2)c2ccccc2)n1. The number of carboxylic acids is 1. The van der Waals surface area contributed by atoms with E-state index in [0.29, 0.717) is 11.1 Å². The average molecular weight is 494 g/mol. The van der Waals surface area contributed by atoms with Crippen molar-refractivity contribution in [1.29, 1.82) is 0 Å². The van der Waals surface area contributed by atoms with E-state index in [0.717, 1.165) is 0 Å². The molecule has 2 aromatic carbocycles. The highest BCUT2D eigenvalue weighted by atomic mass is 16.5. The van der Waals surface area contributed by atoms with Gasteiger partial charge in [0.15, 0.2) is 0 Å². The average Bonchev–Trinajstić information content (AvgIpc) is 2.85. The van der Waals surface area contributed by atoms with Crippen LogP contribution >= 0.6 is 0 Å². The molecule has 0 saturated carbocycles. The van der Waals surface area contributed by atoms with Gasteiger partial charge in [0.05, 0.1) is 20.3 Å². The molecule has 9 heteroatoms. The van der Waals surface area contributed by atoms with Gasteiger partial charge in [0.1, 0.15) is 5.54 Å². The Bertz CT molecular complexity index is 1120. The molecule has 0 aliphatic carbocycles. The van der Waals surface area contributed by atoms with Crippen molar-refractivity contribution < 1.29 is 28.9 Å². The third-order valence-corrected chi connectivity index (χ3v) is 5.40. The van der Waals surface area contributed by atoms with Crippen molar-refractivity contribution in [2.24, 2.45) is 5.41 Å². The highest BCUT2D eigenvalue weighted by Gasteiger charge is 2.50. The van der Waals surface area contributed by atoms with Crippen LogP contribution in [-0.4, -0.2) is 47.3 Å².